The Morgan fingerprint density at radius 3 is 2.60 bits per heavy atom. The molecular weight excluding hydrogens is 412 g/mol. The van der Waals surface area contributed by atoms with Crippen molar-refractivity contribution in [3.63, 3.8) is 0 Å². The van der Waals surface area contributed by atoms with Crippen LogP contribution in [0.2, 0.25) is 0 Å². The topological polar surface area (TPSA) is 53.4 Å². The molecular formula is C15H11BrF4N2O3. The molecule has 25 heavy (non-hydrogen) atoms. The second kappa shape index (κ2) is 7.26. The van der Waals surface area contributed by atoms with Gasteiger partial charge in [-0.3, -0.25) is 4.79 Å². The van der Waals surface area contributed by atoms with Crippen LogP contribution in [-0.4, -0.2) is 23.3 Å². The zero-order valence-corrected chi connectivity index (χ0v) is 14.3. The Bertz CT molecular complexity index is 865. The first-order valence-electron chi connectivity index (χ1n) is 6.67. The van der Waals surface area contributed by atoms with Gasteiger partial charge in [-0.15, -0.1) is 0 Å². The minimum absolute atomic E-state index is 0.0982. The lowest BCUT2D eigenvalue weighted by molar-refractivity contribution is -0.141. The number of benzene rings is 1. The zero-order valence-electron chi connectivity index (χ0n) is 12.7. The third-order valence-corrected chi connectivity index (χ3v) is 3.58. The Labute approximate surface area is 147 Å². The maximum absolute atomic E-state index is 14.3. The molecule has 134 valence electrons. The smallest absolute Gasteiger partial charge is 0.433 e. The molecule has 0 saturated carbocycles. The van der Waals surface area contributed by atoms with Crippen LogP contribution in [0.3, 0.4) is 0 Å². The van der Waals surface area contributed by atoms with Gasteiger partial charge < -0.3 is 9.47 Å². The molecule has 2 rings (SSSR count). The number of methoxy groups -OCH3 is 1. The Morgan fingerprint density at radius 1 is 1.36 bits per heavy atom. The molecule has 0 amide bonds. The maximum atomic E-state index is 14.3. The SMILES string of the molecule is C=CCOc1cc(-n2c(OC)nc(C(F)(F)F)cc2=O)c(F)cc1Br. The van der Waals surface area contributed by atoms with E-state index >= 15 is 0 Å². The predicted molar refractivity (Wildman–Crippen MR) is 84.7 cm³/mol. The standard InChI is InChI=1S/C15H11BrF4N2O3/c1-3-4-25-11-6-10(9(17)5-8(11)16)22-13(23)7-12(15(18,19)20)21-14(22)24-2/h3,5-7H,1,4H2,2H3. The molecule has 0 fully saturated rings. The van der Waals surface area contributed by atoms with E-state index < -0.39 is 29.3 Å². The van der Waals surface area contributed by atoms with E-state index in [-0.39, 0.29) is 28.6 Å². The molecule has 1 heterocycles. The second-order valence-electron chi connectivity index (χ2n) is 4.63. The van der Waals surface area contributed by atoms with Crippen LogP contribution in [0.5, 0.6) is 11.8 Å². The molecule has 0 saturated heterocycles. The molecule has 1 aromatic carbocycles. The molecule has 0 N–H and O–H groups in total. The van der Waals surface area contributed by atoms with Gasteiger partial charge in [0.05, 0.1) is 17.3 Å². The summed E-state index contributed by atoms with van der Waals surface area (Å²) in [7, 11) is 1.02. The number of hydrogen-bond donors (Lipinski definition) is 0. The summed E-state index contributed by atoms with van der Waals surface area (Å²) in [5.41, 5.74) is -2.97. The van der Waals surface area contributed by atoms with Crippen LogP contribution in [0.25, 0.3) is 5.69 Å². The molecule has 2 aromatic rings. The molecule has 1 aromatic heterocycles. The monoisotopic (exact) mass is 422 g/mol. The summed E-state index contributed by atoms with van der Waals surface area (Å²) < 4.78 is 63.5. The molecule has 5 nitrogen and oxygen atoms in total. The van der Waals surface area contributed by atoms with Gasteiger partial charge in [0.15, 0.2) is 5.69 Å². The lowest BCUT2D eigenvalue weighted by atomic mass is 10.2. The number of ether oxygens (including phenoxy) is 2. The highest BCUT2D eigenvalue weighted by Gasteiger charge is 2.34. The Kier molecular flexibility index (Phi) is 5.51. The quantitative estimate of drug-likeness (QED) is 0.544. The van der Waals surface area contributed by atoms with Crippen molar-refractivity contribution < 1.29 is 27.0 Å². The van der Waals surface area contributed by atoms with E-state index in [0.717, 1.165) is 19.2 Å². The predicted octanol–water partition coefficient (Wildman–Crippen LogP) is 3.73. The lowest BCUT2D eigenvalue weighted by Gasteiger charge is -2.15. The lowest BCUT2D eigenvalue weighted by Crippen LogP contribution is -2.25. The van der Waals surface area contributed by atoms with E-state index in [0.29, 0.717) is 4.57 Å². The number of nitrogens with zero attached hydrogens (tertiary/aromatic N) is 2. The van der Waals surface area contributed by atoms with E-state index in [2.05, 4.69) is 27.5 Å². The van der Waals surface area contributed by atoms with Gasteiger partial charge in [0.2, 0.25) is 0 Å². The second-order valence-corrected chi connectivity index (χ2v) is 5.49. The highest BCUT2D eigenvalue weighted by Crippen LogP contribution is 2.32. The highest BCUT2D eigenvalue weighted by atomic mass is 79.9. The first-order chi connectivity index (χ1) is 11.7. The molecule has 10 heteroatoms. The van der Waals surface area contributed by atoms with Gasteiger partial charge in [-0.1, -0.05) is 12.7 Å². The van der Waals surface area contributed by atoms with Crippen molar-refractivity contribution in [1.82, 2.24) is 9.55 Å². The molecule has 0 atom stereocenters. The first-order valence-corrected chi connectivity index (χ1v) is 7.46. The fourth-order valence-corrected chi connectivity index (χ4v) is 2.34. The summed E-state index contributed by atoms with van der Waals surface area (Å²) in [5.74, 6) is -0.732. The fourth-order valence-electron chi connectivity index (χ4n) is 1.91. The molecule has 0 aliphatic carbocycles. The van der Waals surface area contributed by atoms with Crippen LogP contribution in [0, 0.1) is 5.82 Å². The zero-order chi connectivity index (χ0) is 18.8. The summed E-state index contributed by atoms with van der Waals surface area (Å²) in [6, 6.07) is 1.70. The van der Waals surface area contributed by atoms with Crippen molar-refractivity contribution in [2.24, 2.45) is 0 Å². The van der Waals surface area contributed by atoms with Crippen LogP contribution in [0.4, 0.5) is 17.6 Å². The number of aromatic nitrogens is 2. The first kappa shape index (κ1) is 19.0. The summed E-state index contributed by atoms with van der Waals surface area (Å²) in [4.78, 5) is 15.4. The van der Waals surface area contributed by atoms with Gasteiger partial charge >= 0.3 is 12.2 Å². The molecule has 0 spiro atoms. The largest absolute Gasteiger partial charge is 0.488 e. The minimum atomic E-state index is -4.85. The van der Waals surface area contributed by atoms with Crippen LogP contribution >= 0.6 is 15.9 Å². The number of halogens is 5. The average molecular weight is 423 g/mol. The van der Waals surface area contributed by atoms with Gasteiger partial charge in [-0.05, 0) is 22.0 Å². The van der Waals surface area contributed by atoms with Crippen molar-refractivity contribution in [3.8, 4) is 17.4 Å². The van der Waals surface area contributed by atoms with Crippen molar-refractivity contribution in [2.45, 2.75) is 6.18 Å². The van der Waals surface area contributed by atoms with E-state index in [4.69, 9.17) is 9.47 Å². The molecule has 0 aliphatic heterocycles. The van der Waals surface area contributed by atoms with Gasteiger partial charge in [-0.2, -0.15) is 18.2 Å². The van der Waals surface area contributed by atoms with E-state index in [9.17, 15) is 22.4 Å². The molecule has 0 aliphatic rings. The van der Waals surface area contributed by atoms with Crippen molar-refractivity contribution in [1.29, 1.82) is 0 Å². The van der Waals surface area contributed by atoms with Gasteiger partial charge in [0, 0.05) is 12.1 Å². The normalized spacial score (nSPS) is 11.3. The van der Waals surface area contributed by atoms with Crippen LogP contribution in [0.15, 0.2) is 40.1 Å². The van der Waals surface area contributed by atoms with Crippen LogP contribution in [0.1, 0.15) is 5.69 Å². The van der Waals surface area contributed by atoms with Crippen molar-refractivity contribution >= 4 is 15.9 Å². The van der Waals surface area contributed by atoms with E-state index in [1.54, 1.807) is 0 Å². The highest BCUT2D eigenvalue weighted by molar-refractivity contribution is 9.10. The van der Waals surface area contributed by atoms with Gasteiger partial charge in [0.25, 0.3) is 5.56 Å². The molecule has 0 radical (unpaired) electrons. The minimum Gasteiger partial charge on any atom is -0.488 e. The summed E-state index contributed by atoms with van der Waals surface area (Å²) in [6.07, 6.45) is -3.40. The molecule has 0 unspecified atom stereocenters. The van der Waals surface area contributed by atoms with Crippen LogP contribution in [-0.2, 0) is 6.18 Å². The van der Waals surface area contributed by atoms with E-state index in [1.807, 2.05) is 0 Å². The van der Waals surface area contributed by atoms with Crippen molar-refractivity contribution in [2.75, 3.05) is 13.7 Å². The van der Waals surface area contributed by atoms with E-state index in [1.165, 1.54) is 6.08 Å². The Hall–Kier alpha value is -2.36. The number of hydrogen-bond acceptors (Lipinski definition) is 4. The average Bonchev–Trinajstić information content (AvgIpc) is 2.53. The maximum Gasteiger partial charge on any atom is 0.433 e. The summed E-state index contributed by atoms with van der Waals surface area (Å²) in [6.45, 7) is 3.57. The summed E-state index contributed by atoms with van der Waals surface area (Å²) >= 11 is 3.09. The Balaban J connectivity index is 2.69. The third-order valence-electron chi connectivity index (χ3n) is 2.96. The van der Waals surface area contributed by atoms with Crippen molar-refractivity contribution in [3.05, 3.63) is 57.2 Å². The fraction of sp³-hybridized carbons (Fsp3) is 0.200. The van der Waals surface area contributed by atoms with Gasteiger partial charge in [-0.25, -0.2) is 8.96 Å². The number of rotatable bonds is 5. The van der Waals surface area contributed by atoms with Gasteiger partial charge in [0.1, 0.15) is 18.2 Å². The summed E-state index contributed by atoms with van der Waals surface area (Å²) in [5, 5.41) is 0. The third kappa shape index (κ3) is 4.01. The molecule has 0 bridgehead atoms. The Morgan fingerprint density at radius 2 is 2.04 bits per heavy atom. The number of alkyl halides is 3. The van der Waals surface area contributed by atoms with Crippen LogP contribution < -0.4 is 15.0 Å².